The molecule has 112 valence electrons. The summed E-state index contributed by atoms with van der Waals surface area (Å²) in [5.41, 5.74) is 1.15. The Hall–Kier alpha value is -1.46. The fraction of sp³-hybridized carbons (Fsp3) is 0.600. The van der Waals surface area contributed by atoms with Crippen LogP contribution >= 0.6 is 0 Å². The van der Waals surface area contributed by atoms with Crippen molar-refractivity contribution >= 4 is 0 Å². The molecule has 5 nitrogen and oxygen atoms in total. The molecule has 0 spiro atoms. The smallest absolute Gasteiger partial charge is 0.203 e. The number of hydrogen-bond donors (Lipinski definition) is 1. The van der Waals surface area contributed by atoms with Crippen molar-refractivity contribution in [3.8, 4) is 17.2 Å². The molecule has 1 saturated heterocycles. The van der Waals surface area contributed by atoms with Crippen LogP contribution in [0.3, 0.4) is 0 Å². The summed E-state index contributed by atoms with van der Waals surface area (Å²) in [7, 11) is 4.89. The van der Waals surface area contributed by atoms with Gasteiger partial charge in [-0.1, -0.05) is 0 Å². The Balaban J connectivity index is 1.99. The number of benzene rings is 1. The first-order chi connectivity index (χ1) is 9.78. The molecular weight excluding hydrogens is 258 g/mol. The van der Waals surface area contributed by atoms with Crippen LogP contribution in [-0.2, 0) is 11.3 Å². The molecule has 0 saturated carbocycles. The normalized spacial score (nSPS) is 18.1. The van der Waals surface area contributed by atoms with Gasteiger partial charge in [0.1, 0.15) is 19.2 Å². The van der Waals surface area contributed by atoms with Gasteiger partial charge in [0, 0.05) is 12.2 Å². The molecule has 1 aliphatic heterocycles. The third kappa shape index (κ3) is 3.55. The Labute approximate surface area is 120 Å². The number of quaternary nitrogens is 1. The Bertz CT molecular complexity index is 405. The number of nitrogens with two attached hydrogens (primary N) is 1. The molecular formula is C15H24NO4+. The van der Waals surface area contributed by atoms with E-state index in [1.165, 1.54) is 12.8 Å². The molecule has 2 rings (SSSR count). The fourth-order valence-electron chi connectivity index (χ4n) is 2.52. The molecule has 1 aliphatic rings. The van der Waals surface area contributed by atoms with Crippen molar-refractivity contribution in [3.05, 3.63) is 17.7 Å². The van der Waals surface area contributed by atoms with Crippen LogP contribution < -0.4 is 19.5 Å². The van der Waals surface area contributed by atoms with Crippen LogP contribution in [0.1, 0.15) is 18.4 Å². The summed E-state index contributed by atoms with van der Waals surface area (Å²) >= 11 is 0. The second-order valence-electron chi connectivity index (χ2n) is 4.90. The maximum Gasteiger partial charge on any atom is 0.203 e. The van der Waals surface area contributed by atoms with Gasteiger partial charge < -0.3 is 24.3 Å². The average Bonchev–Trinajstić information content (AvgIpc) is 2.99. The molecule has 1 aromatic carbocycles. The van der Waals surface area contributed by atoms with Gasteiger partial charge in [0.25, 0.3) is 0 Å². The minimum absolute atomic E-state index is 0.400. The Morgan fingerprint density at radius 3 is 2.35 bits per heavy atom. The number of ether oxygens (including phenoxy) is 4. The van der Waals surface area contributed by atoms with Crippen molar-refractivity contribution in [1.29, 1.82) is 0 Å². The molecule has 1 aromatic rings. The maximum absolute atomic E-state index is 5.62. The van der Waals surface area contributed by atoms with Crippen molar-refractivity contribution in [2.45, 2.75) is 25.5 Å². The zero-order valence-electron chi connectivity index (χ0n) is 12.5. The van der Waals surface area contributed by atoms with E-state index in [9.17, 15) is 0 Å². The first kappa shape index (κ1) is 14.9. The molecule has 1 atom stereocenters. The summed E-state index contributed by atoms with van der Waals surface area (Å²) < 4.78 is 21.6. The number of methoxy groups -OCH3 is 3. The van der Waals surface area contributed by atoms with Crippen molar-refractivity contribution < 1.29 is 24.3 Å². The van der Waals surface area contributed by atoms with E-state index in [1.54, 1.807) is 21.3 Å². The number of hydrogen-bond acceptors (Lipinski definition) is 4. The molecule has 0 aromatic heterocycles. The molecule has 0 amide bonds. The second kappa shape index (κ2) is 7.36. The van der Waals surface area contributed by atoms with Crippen LogP contribution in [0, 0.1) is 0 Å². The predicted octanol–water partition coefficient (Wildman–Crippen LogP) is 0.955. The topological polar surface area (TPSA) is 53.5 Å². The Kier molecular flexibility index (Phi) is 5.49. The zero-order chi connectivity index (χ0) is 14.4. The van der Waals surface area contributed by atoms with Crippen molar-refractivity contribution in [2.75, 3.05) is 34.5 Å². The molecule has 0 unspecified atom stereocenters. The van der Waals surface area contributed by atoms with Gasteiger partial charge in [-0.3, -0.25) is 0 Å². The molecule has 0 bridgehead atoms. The van der Waals surface area contributed by atoms with Gasteiger partial charge in [-0.15, -0.1) is 0 Å². The Morgan fingerprint density at radius 2 is 1.85 bits per heavy atom. The SMILES string of the molecule is COc1cc(C[NH2+]C[C@@H]2CCCO2)cc(OC)c1OC. The lowest BCUT2D eigenvalue weighted by Crippen LogP contribution is -2.84. The molecule has 0 radical (unpaired) electrons. The Morgan fingerprint density at radius 1 is 1.15 bits per heavy atom. The lowest BCUT2D eigenvalue weighted by atomic mass is 10.1. The van der Waals surface area contributed by atoms with Gasteiger partial charge in [-0.05, 0) is 25.0 Å². The molecule has 2 N–H and O–H groups in total. The minimum atomic E-state index is 0.400. The summed E-state index contributed by atoms with van der Waals surface area (Å²) in [5.74, 6) is 2.04. The van der Waals surface area contributed by atoms with Gasteiger partial charge in [0.15, 0.2) is 11.5 Å². The van der Waals surface area contributed by atoms with E-state index >= 15 is 0 Å². The third-order valence-corrected chi connectivity index (χ3v) is 3.56. The van der Waals surface area contributed by atoms with Crippen molar-refractivity contribution in [2.24, 2.45) is 0 Å². The van der Waals surface area contributed by atoms with E-state index in [0.29, 0.717) is 23.4 Å². The van der Waals surface area contributed by atoms with Crippen LogP contribution in [0.25, 0.3) is 0 Å². The van der Waals surface area contributed by atoms with E-state index in [1.807, 2.05) is 12.1 Å². The van der Waals surface area contributed by atoms with E-state index < -0.39 is 0 Å². The van der Waals surface area contributed by atoms with Gasteiger partial charge in [0.2, 0.25) is 5.75 Å². The summed E-state index contributed by atoms with van der Waals surface area (Å²) in [6, 6.07) is 3.99. The maximum atomic E-state index is 5.62. The molecule has 1 fully saturated rings. The molecule has 1 heterocycles. The highest BCUT2D eigenvalue weighted by Crippen LogP contribution is 2.37. The largest absolute Gasteiger partial charge is 0.493 e. The van der Waals surface area contributed by atoms with Crippen molar-refractivity contribution in [1.82, 2.24) is 0 Å². The van der Waals surface area contributed by atoms with Gasteiger partial charge in [-0.25, -0.2) is 0 Å². The minimum Gasteiger partial charge on any atom is -0.493 e. The predicted molar refractivity (Wildman–Crippen MR) is 75.6 cm³/mol. The third-order valence-electron chi connectivity index (χ3n) is 3.56. The average molecular weight is 282 g/mol. The summed E-state index contributed by atoms with van der Waals surface area (Å²) in [6.45, 7) is 2.77. The lowest BCUT2D eigenvalue weighted by Gasteiger charge is -2.14. The van der Waals surface area contributed by atoms with Crippen LogP contribution in [0.5, 0.6) is 17.2 Å². The number of rotatable bonds is 7. The fourth-order valence-corrected chi connectivity index (χ4v) is 2.52. The van der Waals surface area contributed by atoms with Gasteiger partial charge in [0.05, 0.1) is 21.3 Å². The molecule has 5 heteroatoms. The molecule has 0 aliphatic carbocycles. The van der Waals surface area contributed by atoms with Crippen LogP contribution in [0.15, 0.2) is 12.1 Å². The van der Waals surface area contributed by atoms with Crippen LogP contribution in [0.2, 0.25) is 0 Å². The van der Waals surface area contributed by atoms with Crippen molar-refractivity contribution in [3.63, 3.8) is 0 Å². The monoisotopic (exact) mass is 282 g/mol. The summed E-state index contributed by atoms with van der Waals surface area (Å²) in [5, 5.41) is 2.26. The standard InChI is InChI=1S/C15H23NO4/c1-17-13-7-11(8-14(18-2)15(13)19-3)9-16-10-12-5-4-6-20-12/h7-8,12,16H,4-6,9-10H2,1-3H3/p+1/t12-/m0/s1. The zero-order valence-corrected chi connectivity index (χ0v) is 12.5. The van der Waals surface area contributed by atoms with E-state index in [-0.39, 0.29) is 0 Å². The highest BCUT2D eigenvalue weighted by atomic mass is 16.5. The first-order valence-electron chi connectivity index (χ1n) is 7.00. The first-order valence-corrected chi connectivity index (χ1v) is 7.00. The molecule has 20 heavy (non-hydrogen) atoms. The van der Waals surface area contributed by atoms with Crippen LogP contribution in [0.4, 0.5) is 0 Å². The van der Waals surface area contributed by atoms with Crippen LogP contribution in [-0.4, -0.2) is 40.6 Å². The lowest BCUT2D eigenvalue weighted by molar-refractivity contribution is -0.676. The summed E-state index contributed by atoms with van der Waals surface area (Å²) in [6.07, 6.45) is 2.76. The van der Waals surface area contributed by atoms with Gasteiger partial charge in [-0.2, -0.15) is 0 Å². The van der Waals surface area contributed by atoms with E-state index in [2.05, 4.69) is 5.32 Å². The highest BCUT2D eigenvalue weighted by Gasteiger charge is 2.18. The van der Waals surface area contributed by atoms with Gasteiger partial charge >= 0.3 is 0 Å². The quantitative estimate of drug-likeness (QED) is 0.809. The van der Waals surface area contributed by atoms with E-state index in [4.69, 9.17) is 18.9 Å². The summed E-state index contributed by atoms with van der Waals surface area (Å²) in [4.78, 5) is 0. The highest BCUT2D eigenvalue weighted by molar-refractivity contribution is 5.53. The second-order valence-corrected chi connectivity index (χ2v) is 4.90. The van der Waals surface area contributed by atoms with E-state index in [0.717, 1.165) is 25.3 Å².